The molecule has 1 aromatic carbocycles. The van der Waals surface area contributed by atoms with Crippen molar-refractivity contribution in [3.8, 4) is 5.69 Å². The molecule has 0 fully saturated rings. The molecule has 0 aliphatic carbocycles. The lowest BCUT2D eigenvalue weighted by Gasteiger charge is -2.15. The molecule has 2 rings (SSSR count). The number of hydrogen-bond donors (Lipinski definition) is 1. The highest BCUT2D eigenvalue weighted by molar-refractivity contribution is 6.30. The first-order chi connectivity index (χ1) is 9.11. The summed E-state index contributed by atoms with van der Waals surface area (Å²) in [4.78, 5) is 12.0. The molecule has 0 saturated heterocycles. The van der Waals surface area contributed by atoms with Crippen molar-refractivity contribution in [1.29, 1.82) is 0 Å². The normalized spacial score (nSPS) is 12.2. The van der Waals surface area contributed by atoms with E-state index in [-0.39, 0.29) is 11.8 Å². The largest absolute Gasteiger partial charge is 0.324 e. The van der Waals surface area contributed by atoms with Gasteiger partial charge < -0.3 is 9.88 Å². The van der Waals surface area contributed by atoms with Crippen LogP contribution in [0, 0.1) is 5.92 Å². The van der Waals surface area contributed by atoms with Gasteiger partial charge in [0.15, 0.2) is 0 Å². The van der Waals surface area contributed by atoms with Gasteiger partial charge in [-0.1, -0.05) is 25.4 Å². The van der Waals surface area contributed by atoms with Crippen molar-refractivity contribution in [2.45, 2.75) is 20.3 Å². The molecular formula is C15H17ClN2O. The van der Waals surface area contributed by atoms with Crippen LogP contribution < -0.4 is 5.32 Å². The Morgan fingerprint density at radius 1 is 1.37 bits per heavy atom. The third-order valence-electron chi connectivity index (χ3n) is 3.16. The number of hydrogen-bond acceptors (Lipinski definition) is 1. The summed E-state index contributed by atoms with van der Waals surface area (Å²) in [7, 11) is 0. The Kier molecular flexibility index (Phi) is 4.27. The average Bonchev–Trinajstić information content (AvgIpc) is 2.93. The van der Waals surface area contributed by atoms with E-state index >= 15 is 0 Å². The minimum atomic E-state index is -0.00631. The second kappa shape index (κ2) is 5.93. The van der Waals surface area contributed by atoms with Gasteiger partial charge in [-0.25, -0.2) is 0 Å². The third kappa shape index (κ3) is 3.18. The van der Waals surface area contributed by atoms with Crippen molar-refractivity contribution in [3.63, 3.8) is 0 Å². The Hall–Kier alpha value is -1.74. The lowest BCUT2D eigenvalue weighted by atomic mass is 10.1. The predicted molar refractivity (Wildman–Crippen MR) is 78.9 cm³/mol. The lowest BCUT2D eigenvalue weighted by Crippen LogP contribution is -2.20. The van der Waals surface area contributed by atoms with Gasteiger partial charge in [-0.05, 0) is 36.8 Å². The maximum atomic E-state index is 12.0. The minimum absolute atomic E-state index is 0.00631. The standard InChI is InChI=1S/C15H17ClN2O/c1-3-11(2)15(19)17-13-7-6-12(16)10-14(13)18-8-4-5-9-18/h4-11H,3H2,1-2H3,(H,17,19). The van der Waals surface area contributed by atoms with Crippen LogP contribution in [0.3, 0.4) is 0 Å². The summed E-state index contributed by atoms with van der Waals surface area (Å²) in [5.74, 6) is 0.0198. The Bertz CT molecular complexity index is 564. The van der Waals surface area contributed by atoms with Crippen LogP contribution in [0.4, 0.5) is 5.69 Å². The fourth-order valence-electron chi connectivity index (χ4n) is 1.76. The highest BCUT2D eigenvalue weighted by atomic mass is 35.5. The van der Waals surface area contributed by atoms with Crippen LogP contribution in [0.15, 0.2) is 42.7 Å². The molecule has 1 atom stereocenters. The summed E-state index contributed by atoms with van der Waals surface area (Å²) < 4.78 is 1.93. The van der Waals surface area contributed by atoms with Crippen LogP contribution in [-0.2, 0) is 4.79 Å². The third-order valence-corrected chi connectivity index (χ3v) is 3.40. The second-order valence-corrected chi connectivity index (χ2v) is 4.99. The highest BCUT2D eigenvalue weighted by Gasteiger charge is 2.13. The van der Waals surface area contributed by atoms with Crippen molar-refractivity contribution < 1.29 is 4.79 Å². The van der Waals surface area contributed by atoms with E-state index in [0.29, 0.717) is 5.02 Å². The lowest BCUT2D eigenvalue weighted by molar-refractivity contribution is -0.119. The van der Waals surface area contributed by atoms with Crippen LogP contribution in [-0.4, -0.2) is 10.5 Å². The number of amides is 1. The smallest absolute Gasteiger partial charge is 0.227 e. The predicted octanol–water partition coefficient (Wildman–Crippen LogP) is 4.12. The molecule has 1 heterocycles. The molecule has 1 amide bonds. The van der Waals surface area contributed by atoms with E-state index < -0.39 is 0 Å². The molecular weight excluding hydrogens is 260 g/mol. The number of nitrogens with one attached hydrogen (secondary N) is 1. The molecule has 0 aliphatic rings. The molecule has 0 spiro atoms. The molecule has 0 saturated carbocycles. The van der Waals surface area contributed by atoms with Crippen molar-refractivity contribution in [1.82, 2.24) is 4.57 Å². The van der Waals surface area contributed by atoms with Crippen LogP contribution in [0.2, 0.25) is 5.02 Å². The van der Waals surface area contributed by atoms with E-state index in [1.165, 1.54) is 0 Å². The number of halogens is 1. The quantitative estimate of drug-likeness (QED) is 0.896. The molecule has 0 bridgehead atoms. The summed E-state index contributed by atoms with van der Waals surface area (Å²) in [5.41, 5.74) is 1.64. The van der Waals surface area contributed by atoms with Gasteiger partial charge in [0.2, 0.25) is 5.91 Å². The summed E-state index contributed by atoms with van der Waals surface area (Å²) in [6, 6.07) is 9.31. The molecule has 4 heteroatoms. The molecule has 1 aromatic heterocycles. The zero-order chi connectivity index (χ0) is 13.8. The maximum absolute atomic E-state index is 12.0. The number of rotatable bonds is 4. The van der Waals surface area contributed by atoms with Crippen molar-refractivity contribution in [2.75, 3.05) is 5.32 Å². The van der Waals surface area contributed by atoms with Crippen molar-refractivity contribution in [2.24, 2.45) is 5.92 Å². The zero-order valence-corrected chi connectivity index (χ0v) is 11.8. The van der Waals surface area contributed by atoms with Crippen LogP contribution >= 0.6 is 11.6 Å². The monoisotopic (exact) mass is 276 g/mol. The van der Waals surface area contributed by atoms with Crippen LogP contribution in [0.1, 0.15) is 20.3 Å². The number of aromatic nitrogens is 1. The number of anilines is 1. The van der Waals surface area contributed by atoms with Gasteiger partial charge in [-0.2, -0.15) is 0 Å². The van der Waals surface area contributed by atoms with Gasteiger partial charge in [0, 0.05) is 23.3 Å². The van der Waals surface area contributed by atoms with Gasteiger partial charge >= 0.3 is 0 Å². The Morgan fingerprint density at radius 3 is 2.68 bits per heavy atom. The Labute approximate surface area is 118 Å². The molecule has 1 N–H and O–H groups in total. The summed E-state index contributed by atoms with van der Waals surface area (Å²) in [6.07, 6.45) is 4.66. The van der Waals surface area contributed by atoms with E-state index in [9.17, 15) is 4.79 Å². The molecule has 0 radical (unpaired) electrons. The van der Waals surface area contributed by atoms with Gasteiger partial charge in [0.1, 0.15) is 0 Å². The first-order valence-electron chi connectivity index (χ1n) is 6.35. The molecule has 3 nitrogen and oxygen atoms in total. The second-order valence-electron chi connectivity index (χ2n) is 4.55. The maximum Gasteiger partial charge on any atom is 0.227 e. The summed E-state index contributed by atoms with van der Waals surface area (Å²) in [5, 5.41) is 3.60. The molecule has 100 valence electrons. The molecule has 2 aromatic rings. The van der Waals surface area contributed by atoms with E-state index in [1.54, 1.807) is 6.07 Å². The van der Waals surface area contributed by atoms with Gasteiger partial charge in [0.05, 0.1) is 11.4 Å². The SMILES string of the molecule is CCC(C)C(=O)Nc1ccc(Cl)cc1-n1cccc1. The van der Waals surface area contributed by atoms with Gasteiger partial charge in [-0.15, -0.1) is 0 Å². The molecule has 0 aliphatic heterocycles. The first kappa shape index (κ1) is 13.7. The van der Waals surface area contributed by atoms with E-state index in [2.05, 4.69) is 5.32 Å². The number of benzene rings is 1. The van der Waals surface area contributed by atoms with Gasteiger partial charge in [-0.3, -0.25) is 4.79 Å². The highest BCUT2D eigenvalue weighted by Crippen LogP contribution is 2.25. The zero-order valence-electron chi connectivity index (χ0n) is 11.1. The topological polar surface area (TPSA) is 34.0 Å². The molecule has 1 unspecified atom stereocenters. The Morgan fingerprint density at radius 2 is 2.05 bits per heavy atom. The van der Waals surface area contributed by atoms with Crippen LogP contribution in [0.25, 0.3) is 5.69 Å². The van der Waals surface area contributed by atoms with Gasteiger partial charge in [0.25, 0.3) is 0 Å². The van der Waals surface area contributed by atoms with Crippen molar-refractivity contribution >= 4 is 23.2 Å². The Balaban J connectivity index is 2.33. The van der Waals surface area contributed by atoms with E-state index in [1.807, 2.05) is 55.1 Å². The fraction of sp³-hybridized carbons (Fsp3) is 0.267. The van der Waals surface area contributed by atoms with Crippen LogP contribution in [0.5, 0.6) is 0 Å². The fourth-order valence-corrected chi connectivity index (χ4v) is 1.93. The number of nitrogens with zero attached hydrogens (tertiary/aromatic N) is 1. The van der Waals surface area contributed by atoms with E-state index in [4.69, 9.17) is 11.6 Å². The first-order valence-corrected chi connectivity index (χ1v) is 6.73. The summed E-state index contributed by atoms with van der Waals surface area (Å²) in [6.45, 7) is 3.92. The minimum Gasteiger partial charge on any atom is -0.324 e. The molecule has 19 heavy (non-hydrogen) atoms. The number of carbonyl (C=O) groups excluding carboxylic acids is 1. The average molecular weight is 277 g/mol. The summed E-state index contributed by atoms with van der Waals surface area (Å²) >= 11 is 6.03. The van der Waals surface area contributed by atoms with Crippen molar-refractivity contribution in [3.05, 3.63) is 47.7 Å². The van der Waals surface area contributed by atoms with E-state index in [0.717, 1.165) is 17.8 Å². The number of carbonyl (C=O) groups is 1.